The predicted molar refractivity (Wildman–Crippen MR) is 170 cm³/mol. The fourth-order valence-electron chi connectivity index (χ4n) is 5.97. The van der Waals surface area contributed by atoms with Gasteiger partial charge in [-0.05, 0) is 37.6 Å². The lowest BCUT2D eigenvalue weighted by molar-refractivity contribution is -0.172. The number of imide groups is 1. The van der Waals surface area contributed by atoms with Crippen LogP contribution in [-0.2, 0) is 33.5 Å². The first kappa shape index (κ1) is 35.5. The van der Waals surface area contributed by atoms with Gasteiger partial charge in [-0.2, -0.15) is 0 Å². The third-order valence-electron chi connectivity index (χ3n) is 8.57. The van der Waals surface area contributed by atoms with E-state index in [0.717, 1.165) is 28.8 Å². The number of urea groups is 1. The Morgan fingerprint density at radius 3 is 2.36 bits per heavy atom. The molecule has 19 heteroatoms. The van der Waals surface area contributed by atoms with Gasteiger partial charge < -0.3 is 45.8 Å². The number of carbonyl (C=O) groups excluding carboxylic acids is 7. The van der Waals surface area contributed by atoms with Gasteiger partial charge in [-0.1, -0.05) is 30.3 Å². The van der Waals surface area contributed by atoms with E-state index in [2.05, 4.69) is 16.0 Å². The van der Waals surface area contributed by atoms with Crippen molar-refractivity contribution in [3.05, 3.63) is 59.7 Å². The van der Waals surface area contributed by atoms with Crippen LogP contribution in [0.4, 0.5) is 4.79 Å². The number of ether oxygens (including phenoxy) is 1. The molecule has 3 heterocycles. The lowest BCUT2D eigenvalue weighted by atomic mass is 9.90. The Balaban J connectivity index is 1.39. The summed E-state index contributed by atoms with van der Waals surface area (Å²) in [5.74, 6) is -7.58. The molecule has 1 unspecified atom stereocenters. The molecule has 0 aromatic heterocycles. The van der Waals surface area contributed by atoms with Crippen molar-refractivity contribution in [1.82, 2.24) is 30.7 Å². The van der Waals surface area contributed by atoms with Gasteiger partial charge in [0, 0.05) is 19.6 Å². The summed E-state index contributed by atoms with van der Waals surface area (Å²) in [5.41, 5.74) is -2.18. The SMILES string of the molecule is CCN1CCN(C(=O)N[C@@H](C(=O)N[C@]2(NC=O)C(=O)N3C(C(=O)O)[C@](C)(COC(=O)c4ccc(O)c(O)c4)S[C@H]32)c2ccccc2)C(=O)C1=O. The number of esters is 1. The molecule has 0 spiro atoms. The first-order valence-corrected chi connectivity index (χ1v) is 16.0. The molecule has 18 nitrogen and oxygen atoms in total. The van der Waals surface area contributed by atoms with E-state index in [0.29, 0.717) is 4.90 Å². The number of thioether (sulfide) groups is 1. The number of fused-ring (bicyclic) bond motifs is 1. The molecule has 0 bridgehead atoms. The van der Waals surface area contributed by atoms with Crippen LogP contribution in [0.1, 0.15) is 35.8 Å². The van der Waals surface area contributed by atoms with Gasteiger partial charge in [-0.3, -0.25) is 28.9 Å². The molecule has 3 fully saturated rings. The third kappa shape index (κ3) is 6.10. The zero-order valence-electron chi connectivity index (χ0n) is 26.5. The van der Waals surface area contributed by atoms with Gasteiger partial charge in [0.1, 0.15) is 24.1 Å². The van der Waals surface area contributed by atoms with Crippen LogP contribution in [-0.4, -0.2) is 126 Å². The molecular formula is C31H32N6O12S. The van der Waals surface area contributed by atoms with E-state index in [1.54, 1.807) is 25.1 Å². The molecule has 0 aliphatic carbocycles. The first-order valence-electron chi connectivity index (χ1n) is 15.1. The van der Waals surface area contributed by atoms with Crippen LogP contribution in [0.2, 0.25) is 0 Å². The van der Waals surface area contributed by atoms with Gasteiger partial charge in [0.2, 0.25) is 18.0 Å². The number of carbonyl (C=O) groups is 8. The van der Waals surface area contributed by atoms with E-state index in [1.165, 1.54) is 30.0 Å². The average molecular weight is 713 g/mol. The maximum Gasteiger partial charge on any atom is 0.338 e. The molecule has 3 aliphatic heterocycles. The first-order chi connectivity index (χ1) is 23.7. The Labute approximate surface area is 287 Å². The zero-order valence-corrected chi connectivity index (χ0v) is 27.3. The highest BCUT2D eigenvalue weighted by atomic mass is 32.2. The van der Waals surface area contributed by atoms with Crippen molar-refractivity contribution in [2.24, 2.45) is 0 Å². The highest BCUT2D eigenvalue weighted by molar-refractivity contribution is 8.01. The normalized spacial score (nSPS) is 24.8. The van der Waals surface area contributed by atoms with Gasteiger partial charge in [-0.15, -0.1) is 11.8 Å². The number of benzene rings is 2. The van der Waals surface area contributed by atoms with Crippen LogP contribution in [0.15, 0.2) is 48.5 Å². The standard InChI is InChI=1S/C31H32N6O12S/c1-3-35-11-12-36(24(43)23(35)42)29(48)33-20(16-7-5-4-6-8-16)22(41)34-31(32-15-38)27(47)37-21(25(44)45)30(2,50-28(31)37)14-49-26(46)17-9-10-18(39)19(40)13-17/h4-10,13,15,20-21,28,39-40H,3,11-12,14H2,1-2H3,(H,32,38)(H,33,48)(H,34,41)(H,44,45)/t20-,21?,28+,30+,31-/m1/s1. The second-order valence-corrected chi connectivity index (χ2v) is 13.3. The molecule has 3 saturated heterocycles. The summed E-state index contributed by atoms with van der Waals surface area (Å²) in [7, 11) is 0. The second-order valence-electron chi connectivity index (χ2n) is 11.7. The molecule has 3 aliphatic rings. The Bertz CT molecular complexity index is 1780. The fourth-order valence-corrected chi connectivity index (χ4v) is 7.68. The quantitative estimate of drug-likeness (QED) is 0.0412. The predicted octanol–water partition coefficient (Wildman–Crippen LogP) is -0.918. The van der Waals surface area contributed by atoms with Crippen molar-refractivity contribution in [2.45, 2.75) is 41.7 Å². The zero-order chi connectivity index (χ0) is 36.5. The lowest BCUT2D eigenvalue weighted by Crippen LogP contribution is -2.85. The van der Waals surface area contributed by atoms with Crippen LogP contribution in [0.3, 0.4) is 0 Å². The number of hydrogen-bond acceptors (Lipinski definition) is 12. The number of aromatic hydroxyl groups is 2. The van der Waals surface area contributed by atoms with E-state index < -0.39 is 87.6 Å². The van der Waals surface area contributed by atoms with Crippen molar-refractivity contribution < 1.29 is 58.4 Å². The van der Waals surface area contributed by atoms with Crippen molar-refractivity contribution >= 4 is 59.8 Å². The van der Waals surface area contributed by atoms with Gasteiger partial charge in [0.15, 0.2) is 11.5 Å². The summed E-state index contributed by atoms with van der Waals surface area (Å²) in [6, 6.07) is 6.62. The Morgan fingerprint density at radius 2 is 1.74 bits per heavy atom. The van der Waals surface area contributed by atoms with Crippen molar-refractivity contribution in [3.8, 4) is 11.5 Å². The largest absolute Gasteiger partial charge is 0.504 e. The van der Waals surface area contributed by atoms with E-state index in [1.807, 2.05) is 0 Å². The molecule has 264 valence electrons. The number of aliphatic carboxylic acids is 1. The number of piperazine rings is 1. The summed E-state index contributed by atoms with van der Waals surface area (Å²) in [6.07, 6.45) is 0.131. The second kappa shape index (κ2) is 13.6. The van der Waals surface area contributed by atoms with Crippen LogP contribution in [0.5, 0.6) is 11.5 Å². The summed E-state index contributed by atoms with van der Waals surface area (Å²) >= 11 is 0.821. The van der Waals surface area contributed by atoms with Crippen LogP contribution < -0.4 is 16.0 Å². The minimum Gasteiger partial charge on any atom is -0.504 e. The van der Waals surface area contributed by atoms with Gasteiger partial charge >= 0.3 is 29.8 Å². The summed E-state index contributed by atoms with van der Waals surface area (Å²) in [4.78, 5) is 106. The molecule has 2 aromatic rings. The lowest BCUT2D eigenvalue weighted by Gasteiger charge is -2.52. The van der Waals surface area contributed by atoms with Crippen LogP contribution >= 0.6 is 11.8 Å². The van der Waals surface area contributed by atoms with Gasteiger partial charge in [-0.25, -0.2) is 14.4 Å². The number of β-lactam (4-membered cyclic amide) rings is 1. The highest BCUT2D eigenvalue weighted by Gasteiger charge is 2.74. The highest BCUT2D eigenvalue weighted by Crippen LogP contribution is 2.54. The Morgan fingerprint density at radius 1 is 1.04 bits per heavy atom. The smallest absolute Gasteiger partial charge is 0.338 e. The molecule has 50 heavy (non-hydrogen) atoms. The van der Waals surface area contributed by atoms with Crippen LogP contribution in [0.25, 0.3) is 0 Å². The fraction of sp³-hybridized carbons (Fsp3) is 0.355. The summed E-state index contributed by atoms with van der Waals surface area (Å²) in [6.45, 7) is 2.66. The number of rotatable bonds is 11. The maximum absolute atomic E-state index is 14.0. The number of hydrogen-bond donors (Lipinski definition) is 6. The van der Waals surface area contributed by atoms with Crippen molar-refractivity contribution in [2.75, 3.05) is 26.2 Å². The molecule has 6 N–H and O–H groups in total. The van der Waals surface area contributed by atoms with Crippen LogP contribution in [0, 0.1) is 0 Å². The molecule has 5 rings (SSSR count). The van der Waals surface area contributed by atoms with E-state index in [-0.39, 0.29) is 37.2 Å². The number of carboxylic acid groups (broad SMARTS) is 1. The molecule has 0 radical (unpaired) electrons. The minimum atomic E-state index is -2.22. The number of amides is 7. The van der Waals surface area contributed by atoms with Gasteiger partial charge in [0.05, 0.1) is 10.3 Å². The molecule has 2 aromatic carbocycles. The van der Waals surface area contributed by atoms with Gasteiger partial charge in [0.25, 0.3) is 5.91 Å². The number of nitrogens with one attached hydrogen (secondary N) is 3. The molecule has 7 amide bonds. The number of phenols is 2. The molecule has 5 atom stereocenters. The van der Waals surface area contributed by atoms with E-state index >= 15 is 0 Å². The number of phenolic OH excluding ortho intramolecular Hbond substituents is 2. The van der Waals surface area contributed by atoms with Crippen molar-refractivity contribution in [1.29, 1.82) is 0 Å². The molecular weight excluding hydrogens is 680 g/mol. The summed E-state index contributed by atoms with van der Waals surface area (Å²) < 4.78 is 3.81. The number of nitrogens with zero attached hydrogens (tertiary/aromatic N) is 3. The monoisotopic (exact) mass is 712 g/mol. The average Bonchev–Trinajstić information content (AvgIpc) is 3.39. The molecule has 0 saturated carbocycles. The Hall–Kier alpha value is -5.85. The summed E-state index contributed by atoms with van der Waals surface area (Å²) in [5, 5.41) is 35.3. The topological polar surface area (TPSA) is 252 Å². The number of carboxylic acids is 1. The Kier molecular flexibility index (Phi) is 9.63. The minimum absolute atomic E-state index is 0.0720. The van der Waals surface area contributed by atoms with E-state index in [4.69, 9.17) is 4.74 Å². The van der Waals surface area contributed by atoms with E-state index in [9.17, 15) is 53.7 Å². The third-order valence-corrected chi connectivity index (χ3v) is 10.3. The van der Waals surface area contributed by atoms with Crippen molar-refractivity contribution in [3.63, 3.8) is 0 Å². The maximum atomic E-state index is 14.0. The number of likely N-dealkylation sites (N-methyl/N-ethyl adjacent to an activating group) is 1.